The molecule has 0 aliphatic rings. The first-order valence-corrected chi connectivity index (χ1v) is 5.71. The lowest BCUT2D eigenvalue weighted by Gasteiger charge is -2.17. The molecule has 1 rings (SSSR count). The Morgan fingerprint density at radius 1 is 1.31 bits per heavy atom. The minimum Gasteiger partial charge on any atom is -0.466 e. The number of hydrogen-bond donors (Lipinski definition) is 1. The highest BCUT2D eigenvalue weighted by Crippen LogP contribution is 2.16. The SMILES string of the molecule is CCNC(CC(=O)OCC)c1ccccc1. The predicted molar refractivity (Wildman–Crippen MR) is 64.1 cm³/mol. The molecule has 0 amide bonds. The summed E-state index contributed by atoms with van der Waals surface area (Å²) in [6.07, 6.45) is 0.381. The van der Waals surface area contributed by atoms with Gasteiger partial charge in [-0.15, -0.1) is 0 Å². The smallest absolute Gasteiger partial charge is 0.307 e. The molecular weight excluding hydrogens is 202 g/mol. The minimum atomic E-state index is -0.155. The molecule has 0 bridgehead atoms. The van der Waals surface area contributed by atoms with Crippen molar-refractivity contribution in [2.45, 2.75) is 26.3 Å². The van der Waals surface area contributed by atoms with Crippen molar-refractivity contribution in [3.05, 3.63) is 35.9 Å². The summed E-state index contributed by atoms with van der Waals surface area (Å²) in [6, 6.07) is 10.0. The van der Waals surface area contributed by atoms with Gasteiger partial charge in [0, 0.05) is 6.04 Å². The van der Waals surface area contributed by atoms with Gasteiger partial charge in [0.15, 0.2) is 0 Å². The Labute approximate surface area is 96.8 Å². The second kappa shape index (κ2) is 7.01. The zero-order valence-electron chi connectivity index (χ0n) is 9.90. The minimum absolute atomic E-state index is 0.0465. The molecule has 0 heterocycles. The molecule has 16 heavy (non-hydrogen) atoms. The zero-order chi connectivity index (χ0) is 11.8. The number of carbonyl (C=O) groups is 1. The molecular formula is C13H19NO2. The molecule has 0 aliphatic carbocycles. The summed E-state index contributed by atoms with van der Waals surface area (Å²) in [5.41, 5.74) is 1.12. The number of hydrogen-bond acceptors (Lipinski definition) is 3. The fourth-order valence-electron chi connectivity index (χ4n) is 1.63. The summed E-state index contributed by atoms with van der Waals surface area (Å²) < 4.78 is 4.96. The van der Waals surface area contributed by atoms with Gasteiger partial charge < -0.3 is 10.1 Å². The molecule has 0 saturated heterocycles. The first kappa shape index (κ1) is 12.7. The Morgan fingerprint density at radius 3 is 2.56 bits per heavy atom. The number of benzene rings is 1. The van der Waals surface area contributed by atoms with E-state index in [9.17, 15) is 4.79 Å². The number of ether oxygens (including phenoxy) is 1. The van der Waals surface area contributed by atoms with Crippen molar-refractivity contribution < 1.29 is 9.53 Å². The van der Waals surface area contributed by atoms with Crippen LogP contribution in [0.5, 0.6) is 0 Å². The molecule has 3 heteroatoms. The molecule has 1 aromatic carbocycles. The topological polar surface area (TPSA) is 38.3 Å². The Hall–Kier alpha value is -1.35. The van der Waals surface area contributed by atoms with Crippen molar-refractivity contribution in [2.75, 3.05) is 13.2 Å². The van der Waals surface area contributed by atoms with Crippen LogP contribution in [0, 0.1) is 0 Å². The van der Waals surface area contributed by atoms with Gasteiger partial charge >= 0.3 is 5.97 Å². The van der Waals surface area contributed by atoms with Crippen LogP contribution in [0.15, 0.2) is 30.3 Å². The first-order chi connectivity index (χ1) is 7.77. The van der Waals surface area contributed by atoms with Crippen molar-refractivity contribution in [3.63, 3.8) is 0 Å². The third kappa shape index (κ3) is 4.03. The van der Waals surface area contributed by atoms with Gasteiger partial charge in [0.2, 0.25) is 0 Å². The number of nitrogens with one attached hydrogen (secondary N) is 1. The van der Waals surface area contributed by atoms with E-state index < -0.39 is 0 Å². The van der Waals surface area contributed by atoms with Crippen molar-refractivity contribution in [1.29, 1.82) is 0 Å². The van der Waals surface area contributed by atoms with Gasteiger partial charge in [0.05, 0.1) is 13.0 Å². The van der Waals surface area contributed by atoms with E-state index in [0.29, 0.717) is 13.0 Å². The van der Waals surface area contributed by atoms with Crippen LogP contribution in [0.1, 0.15) is 31.9 Å². The van der Waals surface area contributed by atoms with Crippen molar-refractivity contribution in [2.24, 2.45) is 0 Å². The van der Waals surface area contributed by atoms with Gasteiger partial charge in [0.1, 0.15) is 0 Å². The van der Waals surface area contributed by atoms with E-state index in [1.165, 1.54) is 0 Å². The number of rotatable bonds is 6. The normalized spacial score (nSPS) is 12.1. The summed E-state index contributed by atoms with van der Waals surface area (Å²) in [6.45, 7) is 5.12. The summed E-state index contributed by atoms with van der Waals surface area (Å²) >= 11 is 0. The van der Waals surface area contributed by atoms with Gasteiger partial charge in [-0.1, -0.05) is 37.3 Å². The Morgan fingerprint density at radius 2 is 2.00 bits per heavy atom. The molecule has 3 nitrogen and oxygen atoms in total. The highest BCUT2D eigenvalue weighted by Gasteiger charge is 2.15. The molecule has 1 unspecified atom stereocenters. The molecule has 0 aromatic heterocycles. The molecule has 88 valence electrons. The van der Waals surface area contributed by atoms with Crippen LogP contribution in [0.2, 0.25) is 0 Å². The molecule has 0 fully saturated rings. The van der Waals surface area contributed by atoms with E-state index in [1.807, 2.05) is 44.2 Å². The third-order valence-electron chi connectivity index (χ3n) is 2.33. The largest absolute Gasteiger partial charge is 0.466 e. The van der Waals surface area contributed by atoms with Gasteiger partial charge in [0.25, 0.3) is 0 Å². The maximum absolute atomic E-state index is 11.4. The molecule has 1 N–H and O–H groups in total. The molecule has 0 spiro atoms. The Bertz CT molecular complexity index is 311. The lowest BCUT2D eigenvalue weighted by Crippen LogP contribution is -2.24. The number of esters is 1. The molecule has 0 saturated carbocycles. The Kier molecular flexibility index (Phi) is 5.57. The van der Waals surface area contributed by atoms with Gasteiger partial charge in [-0.3, -0.25) is 4.79 Å². The lowest BCUT2D eigenvalue weighted by molar-refractivity contribution is -0.143. The fourth-order valence-corrected chi connectivity index (χ4v) is 1.63. The highest BCUT2D eigenvalue weighted by molar-refractivity contribution is 5.70. The second-order valence-electron chi connectivity index (χ2n) is 3.53. The summed E-state index contributed by atoms with van der Waals surface area (Å²) in [4.78, 5) is 11.4. The van der Waals surface area contributed by atoms with E-state index >= 15 is 0 Å². The van der Waals surface area contributed by atoms with Gasteiger partial charge in [-0.05, 0) is 19.0 Å². The summed E-state index contributed by atoms with van der Waals surface area (Å²) in [5, 5.41) is 3.29. The van der Waals surface area contributed by atoms with Gasteiger partial charge in [-0.2, -0.15) is 0 Å². The third-order valence-corrected chi connectivity index (χ3v) is 2.33. The van der Waals surface area contributed by atoms with Crippen molar-refractivity contribution >= 4 is 5.97 Å². The van der Waals surface area contributed by atoms with Crippen LogP contribution in [0.4, 0.5) is 0 Å². The average Bonchev–Trinajstić information content (AvgIpc) is 2.30. The maximum atomic E-state index is 11.4. The van der Waals surface area contributed by atoms with E-state index in [0.717, 1.165) is 12.1 Å². The molecule has 1 atom stereocenters. The van der Waals surface area contributed by atoms with Crippen molar-refractivity contribution in [1.82, 2.24) is 5.32 Å². The van der Waals surface area contributed by atoms with Gasteiger partial charge in [-0.25, -0.2) is 0 Å². The van der Waals surface area contributed by atoms with Crippen LogP contribution < -0.4 is 5.32 Å². The van der Waals surface area contributed by atoms with Crippen LogP contribution in [-0.2, 0) is 9.53 Å². The predicted octanol–water partition coefficient (Wildman–Crippen LogP) is 2.29. The van der Waals surface area contributed by atoms with Crippen LogP contribution in [0.25, 0.3) is 0 Å². The zero-order valence-corrected chi connectivity index (χ0v) is 9.90. The van der Waals surface area contributed by atoms with E-state index in [2.05, 4.69) is 5.32 Å². The monoisotopic (exact) mass is 221 g/mol. The average molecular weight is 221 g/mol. The Balaban J connectivity index is 2.64. The van der Waals surface area contributed by atoms with Crippen LogP contribution in [-0.4, -0.2) is 19.1 Å². The number of carbonyl (C=O) groups excluding carboxylic acids is 1. The standard InChI is InChI=1S/C13H19NO2/c1-3-14-12(10-13(15)16-4-2)11-8-6-5-7-9-11/h5-9,12,14H,3-4,10H2,1-2H3. The fraction of sp³-hybridized carbons (Fsp3) is 0.462. The van der Waals surface area contributed by atoms with E-state index in [-0.39, 0.29) is 12.0 Å². The lowest BCUT2D eigenvalue weighted by atomic mass is 10.0. The quantitative estimate of drug-likeness (QED) is 0.749. The molecule has 1 aromatic rings. The molecule has 0 aliphatic heterocycles. The van der Waals surface area contributed by atoms with E-state index in [1.54, 1.807) is 0 Å². The summed E-state index contributed by atoms with van der Waals surface area (Å²) in [7, 11) is 0. The molecule has 0 radical (unpaired) electrons. The van der Waals surface area contributed by atoms with Crippen LogP contribution >= 0.6 is 0 Å². The summed E-state index contributed by atoms with van der Waals surface area (Å²) in [5.74, 6) is -0.155. The first-order valence-electron chi connectivity index (χ1n) is 5.71. The second-order valence-corrected chi connectivity index (χ2v) is 3.53. The maximum Gasteiger partial charge on any atom is 0.307 e. The van der Waals surface area contributed by atoms with E-state index in [4.69, 9.17) is 4.74 Å². The highest BCUT2D eigenvalue weighted by atomic mass is 16.5. The van der Waals surface area contributed by atoms with Crippen LogP contribution in [0.3, 0.4) is 0 Å². The van der Waals surface area contributed by atoms with Crippen molar-refractivity contribution in [3.8, 4) is 0 Å².